The fraction of sp³-hybridized carbons (Fsp3) is 0.500. The second-order valence-corrected chi connectivity index (χ2v) is 2.37. The molecule has 0 spiro atoms. The minimum atomic E-state index is 0.360. The van der Waals surface area contributed by atoms with Crippen LogP contribution in [-0.4, -0.2) is 23.3 Å². The van der Waals surface area contributed by atoms with E-state index in [9.17, 15) is 0 Å². The van der Waals surface area contributed by atoms with E-state index in [1.807, 2.05) is 4.57 Å². The van der Waals surface area contributed by atoms with Crippen molar-refractivity contribution in [2.75, 3.05) is 13.7 Å². The molecule has 0 saturated heterocycles. The number of methoxy groups -OCH3 is 1. The standard InChI is InChI=1S/C8H11N3O/c1-12-7-2-8-10-4-6-11(8)5-3-9/h4,6H,2,5,7H2,1H3. The molecule has 1 aromatic heterocycles. The number of rotatable bonds is 4. The highest BCUT2D eigenvalue weighted by Gasteiger charge is 2.00. The first-order chi connectivity index (χ1) is 5.88. The molecular weight excluding hydrogens is 154 g/mol. The lowest BCUT2D eigenvalue weighted by Crippen LogP contribution is -2.05. The summed E-state index contributed by atoms with van der Waals surface area (Å²) in [5.41, 5.74) is 0. The van der Waals surface area contributed by atoms with Gasteiger partial charge >= 0.3 is 0 Å². The Labute approximate surface area is 71.4 Å². The first-order valence-electron chi connectivity index (χ1n) is 3.74. The number of nitriles is 1. The van der Waals surface area contributed by atoms with Gasteiger partial charge in [-0.25, -0.2) is 4.98 Å². The Morgan fingerprint density at radius 2 is 2.58 bits per heavy atom. The number of ether oxygens (including phenoxy) is 1. The zero-order valence-corrected chi connectivity index (χ0v) is 7.03. The average molecular weight is 165 g/mol. The minimum Gasteiger partial charge on any atom is -0.384 e. The van der Waals surface area contributed by atoms with Crippen LogP contribution in [0.15, 0.2) is 12.4 Å². The molecule has 0 fully saturated rings. The van der Waals surface area contributed by atoms with Crippen LogP contribution in [-0.2, 0) is 17.7 Å². The van der Waals surface area contributed by atoms with Gasteiger partial charge < -0.3 is 9.30 Å². The lowest BCUT2D eigenvalue weighted by atomic mass is 10.4. The van der Waals surface area contributed by atoms with Gasteiger partial charge in [-0.1, -0.05) is 0 Å². The predicted molar refractivity (Wildman–Crippen MR) is 43.4 cm³/mol. The summed E-state index contributed by atoms with van der Waals surface area (Å²) >= 11 is 0. The minimum absolute atomic E-state index is 0.360. The van der Waals surface area contributed by atoms with Gasteiger partial charge in [0, 0.05) is 25.9 Å². The van der Waals surface area contributed by atoms with Gasteiger partial charge in [0.2, 0.25) is 0 Å². The van der Waals surface area contributed by atoms with Gasteiger partial charge in [0.15, 0.2) is 0 Å². The molecule has 0 atom stereocenters. The van der Waals surface area contributed by atoms with Crippen LogP contribution in [0.4, 0.5) is 0 Å². The van der Waals surface area contributed by atoms with E-state index in [0.29, 0.717) is 13.2 Å². The smallest absolute Gasteiger partial charge is 0.111 e. The van der Waals surface area contributed by atoms with Gasteiger partial charge in [0.1, 0.15) is 12.4 Å². The molecule has 0 saturated carbocycles. The van der Waals surface area contributed by atoms with E-state index in [-0.39, 0.29) is 0 Å². The molecule has 0 aliphatic rings. The lowest BCUT2D eigenvalue weighted by Gasteiger charge is -2.01. The van der Waals surface area contributed by atoms with Crippen LogP contribution in [0.5, 0.6) is 0 Å². The zero-order valence-electron chi connectivity index (χ0n) is 7.03. The Kier molecular flexibility index (Phi) is 3.30. The maximum absolute atomic E-state index is 8.46. The van der Waals surface area contributed by atoms with E-state index in [1.165, 1.54) is 0 Å². The molecule has 1 aromatic rings. The lowest BCUT2D eigenvalue weighted by molar-refractivity contribution is 0.199. The molecule has 0 N–H and O–H groups in total. The summed E-state index contributed by atoms with van der Waals surface area (Å²) in [6.45, 7) is 1.00. The van der Waals surface area contributed by atoms with Crippen molar-refractivity contribution >= 4 is 0 Å². The molecule has 1 rings (SSSR count). The van der Waals surface area contributed by atoms with Crippen molar-refractivity contribution in [1.82, 2.24) is 9.55 Å². The van der Waals surface area contributed by atoms with Crippen LogP contribution < -0.4 is 0 Å². The van der Waals surface area contributed by atoms with Crippen molar-refractivity contribution in [1.29, 1.82) is 5.26 Å². The first kappa shape index (κ1) is 8.75. The van der Waals surface area contributed by atoms with Gasteiger partial charge in [-0.05, 0) is 0 Å². The summed E-state index contributed by atoms with van der Waals surface area (Å²) < 4.78 is 6.73. The maximum atomic E-state index is 8.46. The third kappa shape index (κ3) is 2.07. The third-order valence-electron chi connectivity index (χ3n) is 1.57. The summed E-state index contributed by atoms with van der Waals surface area (Å²) in [5, 5.41) is 8.46. The van der Waals surface area contributed by atoms with Crippen LogP contribution >= 0.6 is 0 Å². The molecule has 0 bridgehead atoms. The Morgan fingerprint density at radius 3 is 3.25 bits per heavy atom. The van der Waals surface area contributed by atoms with E-state index >= 15 is 0 Å². The van der Waals surface area contributed by atoms with Gasteiger partial charge in [0.05, 0.1) is 12.7 Å². The van der Waals surface area contributed by atoms with Gasteiger partial charge in [0.25, 0.3) is 0 Å². The number of aromatic nitrogens is 2. The normalized spacial score (nSPS) is 9.67. The molecule has 0 aromatic carbocycles. The molecule has 0 amide bonds. The molecular formula is C8H11N3O. The van der Waals surface area contributed by atoms with Crippen LogP contribution in [0.3, 0.4) is 0 Å². The highest BCUT2D eigenvalue weighted by atomic mass is 16.5. The summed E-state index contributed by atoms with van der Waals surface area (Å²) in [7, 11) is 1.65. The summed E-state index contributed by atoms with van der Waals surface area (Å²) in [4.78, 5) is 4.10. The van der Waals surface area contributed by atoms with Crippen molar-refractivity contribution in [2.45, 2.75) is 13.0 Å². The van der Waals surface area contributed by atoms with Gasteiger partial charge in [-0.3, -0.25) is 0 Å². The molecule has 0 aliphatic heterocycles. The second kappa shape index (κ2) is 4.52. The van der Waals surface area contributed by atoms with E-state index in [4.69, 9.17) is 10.00 Å². The predicted octanol–water partition coefficient (Wildman–Crippen LogP) is 0.596. The Bertz CT molecular complexity index is 274. The van der Waals surface area contributed by atoms with Crippen LogP contribution in [0.2, 0.25) is 0 Å². The zero-order chi connectivity index (χ0) is 8.81. The molecule has 64 valence electrons. The summed E-state index contributed by atoms with van der Waals surface area (Å²) in [6, 6.07) is 2.07. The Morgan fingerprint density at radius 1 is 1.75 bits per heavy atom. The first-order valence-corrected chi connectivity index (χ1v) is 3.74. The molecule has 0 aliphatic carbocycles. The van der Waals surface area contributed by atoms with E-state index in [2.05, 4.69) is 11.1 Å². The SMILES string of the molecule is COCCc1nccn1CC#N. The number of hydrogen-bond donors (Lipinski definition) is 0. The summed E-state index contributed by atoms with van der Waals surface area (Å²) in [6.07, 6.45) is 4.25. The second-order valence-electron chi connectivity index (χ2n) is 2.37. The van der Waals surface area contributed by atoms with Crippen molar-refractivity contribution in [3.05, 3.63) is 18.2 Å². The quantitative estimate of drug-likeness (QED) is 0.656. The molecule has 0 radical (unpaired) electrons. The van der Waals surface area contributed by atoms with Crippen LogP contribution in [0.1, 0.15) is 5.82 Å². The number of imidazole rings is 1. The fourth-order valence-corrected chi connectivity index (χ4v) is 0.982. The molecule has 4 nitrogen and oxygen atoms in total. The maximum Gasteiger partial charge on any atom is 0.111 e. The van der Waals surface area contributed by atoms with Crippen molar-refractivity contribution in [3.63, 3.8) is 0 Å². The van der Waals surface area contributed by atoms with Gasteiger partial charge in [-0.2, -0.15) is 5.26 Å². The summed E-state index contributed by atoms with van der Waals surface area (Å²) in [5.74, 6) is 0.901. The fourth-order valence-electron chi connectivity index (χ4n) is 0.982. The Hall–Kier alpha value is -1.34. The molecule has 0 unspecified atom stereocenters. The van der Waals surface area contributed by atoms with Crippen LogP contribution in [0.25, 0.3) is 0 Å². The van der Waals surface area contributed by atoms with E-state index in [0.717, 1.165) is 12.2 Å². The molecule has 1 heterocycles. The molecule has 12 heavy (non-hydrogen) atoms. The number of hydrogen-bond acceptors (Lipinski definition) is 3. The highest BCUT2D eigenvalue weighted by Crippen LogP contribution is 1.97. The Balaban J connectivity index is 2.58. The van der Waals surface area contributed by atoms with Crippen molar-refractivity contribution < 1.29 is 4.74 Å². The number of nitrogens with zero attached hydrogens (tertiary/aromatic N) is 3. The highest BCUT2D eigenvalue weighted by molar-refractivity contribution is 4.95. The monoisotopic (exact) mass is 165 g/mol. The van der Waals surface area contributed by atoms with Gasteiger partial charge in [-0.15, -0.1) is 0 Å². The van der Waals surface area contributed by atoms with Crippen molar-refractivity contribution in [3.8, 4) is 6.07 Å². The van der Waals surface area contributed by atoms with Crippen molar-refractivity contribution in [2.24, 2.45) is 0 Å². The third-order valence-corrected chi connectivity index (χ3v) is 1.57. The van der Waals surface area contributed by atoms with Crippen LogP contribution in [0, 0.1) is 11.3 Å². The molecule has 4 heteroatoms. The largest absolute Gasteiger partial charge is 0.384 e. The van der Waals surface area contributed by atoms with E-state index < -0.39 is 0 Å². The average Bonchev–Trinajstić information content (AvgIpc) is 2.50. The van der Waals surface area contributed by atoms with E-state index in [1.54, 1.807) is 19.5 Å². The topological polar surface area (TPSA) is 50.8 Å².